The van der Waals surface area contributed by atoms with Crippen molar-refractivity contribution in [2.24, 2.45) is 0 Å². The Balaban J connectivity index is 2.06. The van der Waals surface area contributed by atoms with Crippen LogP contribution in [0.25, 0.3) is 0 Å². The van der Waals surface area contributed by atoms with Gasteiger partial charge in [0.2, 0.25) is 0 Å². The number of benzene rings is 2. The van der Waals surface area contributed by atoms with Crippen molar-refractivity contribution in [3.63, 3.8) is 0 Å². The quantitative estimate of drug-likeness (QED) is 0.766. The second-order valence-electron chi connectivity index (χ2n) is 4.97. The second kappa shape index (κ2) is 6.62. The van der Waals surface area contributed by atoms with Crippen molar-refractivity contribution >= 4 is 17.3 Å². The van der Waals surface area contributed by atoms with E-state index < -0.39 is 5.56 Å². The molecule has 0 aliphatic carbocycles. The average molecular weight is 330 g/mol. The van der Waals surface area contributed by atoms with E-state index in [1.807, 2.05) is 36.4 Å². The van der Waals surface area contributed by atoms with Crippen molar-refractivity contribution in [1.29, 1.82) is 0 Å². The smallest absolute Gasteiger partial charge is 0.285 e. The highest BCUT2D eigenvalue weighted by atomic mass is 35.5. The van der Waals surface area contributed by atoms with E-state index >= 15 is 0 Å². The zero-order valence-corrected chi connectivity index (χ0v) is 12.7. The van der Waals surface area contributed by atoms with Gasteiger partial charge < -0.3 is 5.32 Å². The van der Waals surface area contributed by atoms with Gasteiger partial charge in [0.15, 0.2) is 0 Å². The Labute approximate surface area is 136 Å². The summed E-state index contributed by atoms with van der Waals surface area (Å²) < 4.78 is 13.6. The maximum Gasteiger partial charge on any atom is 0.285 e. The first-order valence-electron chi connectivity index (χ1n) is 6.95. The van der Waals surface area contributed by atoms with Gasteiger partial charge in [0.05, 0.1) is 17.9 Å². The molecule has 0 spiro atoms. The van der Waals surface area contributed by atoms with Gasteiger partial charge >= 0.3 is 0 Å². The third-order valence-electron chi connectivity index (χ3n) is 3.41. The summed E-state index contributed by atoms with van der Waals surface area (Å²) in [5.41, 5.74) is 1.53. The molecule has 3 aromatic rings. The standard InChI is InChI=1S/C17H13ClFN3O/c18-15-14(10-20-22-17(15)23)21-16(11-5-2-1-3-6-11)12-7-4-8-13(19)9-12/h1-10,16H,(H2,21,22,23). The molecule has 1 atom stereocenters. The molecule has 0 aliphatic rings. The fraction of sp³-hybridized carbons (Fsp3) is 0.0588. The summed E-state index contributed by atoms with van der Waals surface area (Å²) >= 11 is 6.02. The lowest BCUT2D eigenvalue weighted by Gasteiger charge is -2.21. The highest BCUT2D eigenvalue weighted by Gasteiger charge is 2.17. The van der Waals surface area contributed by atoms with E-state index in [0.717, 1.165) is 5.56 Å². The van der Waals surface area contributed by atoms with Crippen molar-refractivity contribution in [3.05, 3.63) is 93.1 Å². The van der Waals surface area contributed by atoms with Gasteiger partial charge in [-0.2, -0.15) is 5.10 Å². The molecule has 4 nitrogen and oxygen atoms in total. The van der Waals surface area contributed by atoms with Gasteiger partial charge in [-0.15, -0.1) is 0 Å². The topological polar surface area (TPSA) is 57.8 Å². The van der Waals surface area contributed by atoms with Crippen LogP contribution in [0.15, 0.2) is 65.6 Å². The van der Waals surface area contributed by atoms with Crippen LogP contribution in [-0.2, 0) is 0 Å². The van der Waals surface area contributed by atoms with Crippen molar-refractivity contribution in [1.82, 2.24) is 10.2 Å². The van der Waals surface area contributed by atoms with Crippen molar-refractivity contribution in [3.8, 4) is 0 Å². The van der Waals surface area contributed by atoms with Crippen LogP contribution in [0.4, 0.5) is 10.1 Å². The summed E-state index contributed by atoms with van der Waals surface area (Å²) in [5.74, 6) is -0.333. The number of hydrogen-bond donors (Lipinski definition) is 2. The van der Waals surface area contributed by atoms with E-state index in [4.69, 9.17) is 11.6 Å². The second-order valence-corrected chi connectivity index (χ2v) is 5.35. The van der Waals surface area contributed by atoms with Crippen LogP contribution in [0.5, 0.6) is 0 Å². The lowest BCUT2D eigenvalue weighted by Crippen LogP contribution is -2.17. The van der Waals surface area contributed by atoms with Crippen molar-refractivity contribution < 1.29 is 4.39 Å². The van der Waals surface area contributed by atoms with Gasteiger partial charge in [-0.3, -0.25) is 4.79 Å². The number of nitrogens with one attached hydrogen (secondary N) is 2. The molecular formula is C17H13ClFN3O. The molecule has 1 heterocycles. The molecule has 0 radical (unpaired) electrons. The number of nitrogens with zero attached hydrogens (tertiary/aromatic N) is 1. The van der Waals surface area contributed by atoms with Gasteiger partial charge in [-0.1, -0.05) is 54.1 Å². The first-order chi connectivity index (χ1) is 11.1. The first kappa shape index (κ1) is 15.2. The third kappa shape index (κ3) is 3.40. The highest BCUT2D eigenvalue weighted by molar-refractivity contribution is 6.32. The van der Waals surface area contributed by atoms with Gasteiger partial charge in [-0.05, 0) is 23.3 Å². The van der Waals surface area contributed by atoms with Crippen LogP contribution < -0.4 is 10.9 Å². The SMILES string of the molecule is O=c1[nH]ncc(NC(c2ccccc2)c2cccc(F)c2)c1Cl. The van der Waals surface area contributed by atoms with Gasteiger partial charge in [0.25, 0.3) is 5.56 Å². The predicted molar refractivity (Wildman–Crippen MR) is 88.2 cm³/mol. The molecule has 3 rings (SSSR count). The first-order valence-corrected chi connectivity index (χ1v) is 7.33. The van der Waals surface area contributed by atoms with Gasteiger partial charge in [0.1, 0.15) is 10.8 Å². The van der Waals surface area contributed by atoms with Crippen molar-refractivity contribution in [2.45, 2.75) is 6.04 Å². The summed E-state index contributed by atoms with van der Waals surface area (Å²) in [5, 5.41) is 9.19. The van der Waals surface area contributed by atoms with E-state index in [2.05, 4.69) is 15.5 Å². The van der Waals surface area contributed by atoms with Crippen LogP contribution in [0.1, 0.15) is 17.2 Å². The Bertz CT molecular complexity index is 867. The molecule has 1 aromatic heterocycles. The lowest BCUT2D eigenvalue weighted by molar-refractivity contribution is 0.624. The minimum Gasteiger partial charge on any atom is -0.371 e. The molecule has 23 heavy (non-hydrogen) atoms. The fourth-order valence-corrected chi connectivity index (χ4v) is 2.48. The Morgan fingerprint density at radius 1 is 1.09 bits per heavy atom. The summed E-state index contributed by atoms with van der Waals surface area (Å²) in [7, 11) is 0. The van der Waals surface area contributed by atoms with Crippen LogP contribution >= 0.6 is 11.6 Å². The largest absolute Gasteiger partial charge is 0.371 e. The van der Waals surface area contributed by atoms with Crippen LogP contribution in [0, 0.1) is 5.82 Å². The summed E-state index contributed by atoms with van der Waals surface area (Å²) in [6.07, 6.45) is 1.43. The molecule has 0 aliphatic heterocycles. The number of halogens is 2. The number of H-pyrrole nitrogens is 1. The maximum absolute atomic E-state index is 13.6. The van der Waals surface area contributed by atoms with Crippen LogP contribution in [0.3, 0.4) is 0 Å². The third-order valence-corrected chi connectivity index (χ3v) is 3.79. The predicted octanol–water partition coefficient (Wildman–Crippen LogP) is 3.76. The minimum atomic E-state index is -0.484. The molecule has 1 unspecified atom stereocenters. The maximum atomic E-state index is 13.6. The molecular weight excluding hydrogens is 317 g/mol. The van der Waals surface area contributed by atoms with Crippen LogP contribution in [-0.4, -0.2) is 10.2 Å². The monoisotopic (exact) mass is 329 g/mol. The molecule has 2 N–H and O–H groups in total. The van der Waals surface area contributed by atoms with E-state index in [9.17, 15) is 9.18 Å². The Morgan fingerprint density at radius 2 is 1.83 bits per heavy atom. The summed E-state index contributed by atoms with van der Waals surface area (Å²) in [4.78, 5) is 11.6. The lowest BCUT2D eigenvalue weighted by atomic mass is 9.98. The number of anilines is 1. The molecule has 116 valence electrons. The average Bonchev–Trinajstić information content (AvgIpc) is 2.57. The summed E-state index contributed by atoms with van der Waals surface area (Å²) in [6, 6.07) is 15.4. The Morgan fingerprint density at radius 3 is 2.57 bits per heavy atom. The zero-order valence-electron chi connectivity index (χ0n) is 12.0. The zero-order chi connectivity index (χ0) is 16.2. The molecule has 0 saturated carbocycles. The van der Waals surface area contributed by atoms with Gasteiger partial charge in [-0.25, -0.2) is 9.49 Å². The van der Waals surface area contributed by atoms with E-state index in [0.29, 0.717) is 11.3 Å². The normalized spacial score (nSPS) is 11.9. The van der Waals surface area contributed by atoms with Crippen LogP contribution in [0.2, 0.25) is 5.02 Å². The van der Waals surface area contributed by atoms with E-state index in [1.165, 1.54) is 18.3 Å². The molecule has 0 amide bonds. The highest BCUT2D eigenvalue weighted by Crippen LogP contribution is 2.28. The Hall–Kier alpha value is -2.66. The minimum absolute atomic E-state index is 0.0114. The molecule has 2 aromatic carbocycles. The fourth-order valence-electron chi connectivity index (χ4n) is 2.33. The number of rotatable bonds is 4. The molecule has 0 bridgehead atoms. The number of aromatic amines is 1. The van der Waals surface area contributed by atoms with Crippen molar-refractivity contribution in [2.75, 3.05) is 5.32 Å². The number of hydrogen-bond acceptors (Lipinski definition) is 3. The van der Waals surface area contributed by atoms with E-state index in [-0.39, 0.29) is 16.9 Å². The molecule has 0 fully saturated rings. The molecule has 0 saturated heterocycles. The number of aromatic nitrogens is 2. The molecule has 6 heteroatoms. The summed E-state index contributed by atoms with van der Waals surface area (Å²) in [6.45, 7) is 0. The van der Waals surface area contributed by atoms with Gasteiger partial charge in [0, 0.05) is 0 Å². The van der Waals surface area contributed by atoms with E-state index in [1.54, 1.807) is 6.07 Å². The Kier molecular flexibility index (Phi) is 4.39.